The lowest BCUT2D eigenvalue weighted by Gasteiger charge is -2.39. The fourth-order valence-corrected chi connectivity index (χ4v) is 4.40. The second-order valence-corrected chi connectivity index (χ2v) is 8.02. The fraction of sp³-hybridized carbons (Fsp3) is 0.625. The normalized spacial score (nSPS) is 30.7. The Morgan fingerprint density at radius 2 is 2.14 bits per heavy atom. The Balaban J connectivity index is 1.52. The molecule has 0 aromatic heterocycles. The molecule has 2 saturated heterocycles. The predicted octanol–water partition coefficient (Wildman–Crippen LogP) is 3.45. The van der Waals surface area contributed by atoms with Gasteiger partial charge in [-0.3, -0.25) is 0 Å². The summed E-state index contributed by atoms with van der Waals surface area (Å²) in [4.78, 5) is 1.28. The van der Waals surface area contributed by atoms with Crippen LogP contribution in [0.15, 0.2) is 33.6 Å². The minimum absolute atomic E-state index is 0.0389. The molecule has 2 N–H and O–H groups in total. The van der Waals surface area contributed by atoms with Crippen LogP contribution in [0, 0.1) is 5.92 Å². The van der Waals surface area contributed by atoms with Gasteiger partial charge >= 0.3 is 0 Å². The Morgan fingerprint density at radius 3 is 2.86 bits per heavy atom. The van der Waals surface area contributed by atoms with E-state index < -0.39 is 0 Å². The first kappa shape index (κ1) is 15.8. The molecule has 3 rings (SSSR count). The minimum Gasteiger partial charge on any atom is -0.378 e. The minimum atomic E-state index is -0.0389. The van der Waals surface area contributed by atoms with Gasteiger partial charge in [0, 0.05) is 40.8 Å². The summed E-state index contributed by atoms with van der Waals surface area (Å²) >= 11 is 5.31. The van der Waals surface area contributed by atoms with Crippen molar-refractivity contribution in [1.29, 1.82) is 0 Å². The molecule has 1 aromatic rings. The molecule has 0 amide bonds. The Kier molecular flexibility index (Phi) is 5.27. The van der Waals surface area contributed by atoms with Gasteiger partial charge in [0.25, 0.3) is 0 Å². The largest absolute Gasteiger partial charge is 0.378 e. The Labute approximate surface area is 139 Å². The Bertz CT molecular complexity index is 462. The number of hydrogen-bond acceptors (Lipinski definition) is 4. The summed E-state index contributed by atoms with van der Waals surface area (Å²) in [6.45, 7) is 2.40. The van der Waals surface area contributed by atoms with Crippen LogP contribution in [0.3, 0.4) is 0 Å². The van der Waals surface area contributed by atoms with Crippen LogP contribution in [0.1, 0.15) is 19.3 Å². The Hall–Kier alpha value is -0.0700. The van der Waals surface area contributed by atoms with Gasteiger partial charge in [-0.15, -0.1) is 11.8 Å². The standard InChI is InChI=1S/C16H22BrNO2S/c17-13-1-3-14(4-2-13)21-10-15(18)12-5-7-20-16(9-12)6-8-19-11-16/h1-4,12,15H,5-11,18H2. The van der Waals surface area contributed by atoms with Crippen molar-refractivity contribution in [1.82, 2.24) is 0 Å². The van der Waals surface area contributed by atoms with E-state index in [2.05, 4.69) is 40.2 Å². The van der Waals surface area contributed by atoms with Crippen molar-refractivity contribution in [3.63, 3.8) is 0 Å². The molecule has 2 heterocycles. The first-order chi connectivity index (χ1) is 10.2. The van der Waals surface area contributed by atoms with E-state index >= 15 is 0 Å². The van der Waals surface area contributed by atoms with Gasteiger partial charge in [0.1, 0.15) is 0 Å². The third-order valence-electron chi connectivity index (χ3n) is 4.46. The molecular formula is C16H22BrNO2S. The van der Waals surface area contributed by atoms with Gasteiger partial charge < -0.3 is 15.2 Å². The summed E-state index contributed by atoms with van der Waals surface area (Å²) in [6, 6.07) is 8.65. The van der Waals surface area contributed by atoms with E-state index in [1.54, 1.807) is 0 Å². The third kappa shape index (κ3) is 4.02. The number of rotatable bonds is 4. The van der Waals surface area contributed by atoms with Crippen molar-refractivity contribution < 1.29 is 9.47 Å². The molecule has 2 aliphatic rings. The van der Waals surface area contributed by atoms with E-state index in [0.717, 1.165) is 49.3 Å². The lowest BCUT2D eigenvalue weighted by atomic mass is 9.82. The van der Waals surface area contributed by atoms with Gasteiger partial charge in [0.15, 0.2) is 0 Å². The van der Waals surface area contributed by atoms with Crippen LogP contribution >= 0.6 is 27.7 Å². The third-order valence-corrected chi connectivity index (χ3v) is 6.15. The lowest BCUT2D eigenvalue weighted by Crippen LogP contribution is -2.46. The van der Waals surface area contributed by atoms with Gasteiger partial charge in [-0.25, -0.2) is 0 Å². The summed E-state index contributed by atoms with van der Waals surface area (Å²) < 4.78 is 12.6. The maximum atomic E-state index is 6.45. The fourth-order valence-electron chi connectivity index (χ4n) is 3.15. The number of hydrogen-bond donors (Lipinski definition) is 1. The summed E-state index contributed by atoms with van der Waals surface area (Å²) in [7, 11) is 0. The molecule has 1 spiro atoms. The highest BCUT2D eigenvalue weighted by Gasteiger charge is 2.42. The van der Waals surface area contributed by atoms with Crippen LogP contribution in [-0.4, -0.2) is 37.2 Å². The highest BCUT2D eigenvalue weighted by atomic mass is 79.9. The topological polar surface area (TPSA) is 44.5 Å². The smallest absolute Gasteiger partial charge is 0.0939 e. The van der Waals surface area contributed by atoms with Crippen molar-refractivity contribution >= 4 is 27.7 Å². The average Bonchev–Trinajstić information content (AvgIpc) is 2.94. The highest BCUT2D eigenvalue weighted by Crippen LogP contribution is 2.37. The first-order valence-corrected chi connectivity index (χ1v) is 9.30. The van der Waals surface area contributed by atoms with Gasteiger partial charge in [-0.2, -0.15) is 0 Å². The van der Waals surface area contributed by atoms with Gasteiger partial charge in [0.2, 0.25) is 0 Å². The molecule has 21 heavy (non-hydrogen) atoms. The second kappa shape index (κ2) is 7.01. The average molecular weight is 372 g/mol. The zero-order valence-electron chi connectivity index (χ0n) is 12.1. The van der Waals surface area contributed by atoms with E-state index in [-0.39, 0.29) is 11.6 Å². The van der Waals surface area contributed by atoms with E-state index in [4.69, 9.17) is 15.2 Å². The van der Waals surface area contributed by atoms with E-state index in [0.29, 0.717) is 5.92 Å². The van der Waals surface area contributed by atoms with E-state index in [1.165, 1.54) is 4.90 Å². The molecule has 0 bridgehead atoms. The zero-order chi connectivity index (χ0) is 14.7. The van der Waals surface area contributed by atoms with Crippen LogP contribution in [0.4, 0.5) is 0 Å². The van der Waals surface area contributed by atoms with E-state index in [9.17, 15) is 0 Å². The lowest BCUT2D eigenvalue weighted by molar-refractivity contribution is -0.100. The molecule has 116 valence electrons. The second-order valence-electron chi connectivity index (χ2n) is 6.02. The molecule has 0 aliphatic carbocycles. The molecular weight excluding hydrogens is 350 g/mol. The maximum Gasteiger partial charge on any atom is 0.0939 e. The summed E-state index contributed by atoms with van der Waals surface area (Å²) in [5, 5.41) is 0. The Morgan fingerprint density at radius 1 is 1.33 bits per heavy atom. The summed E-state index contributed by atoms with van der Waals surface area (Å²) in [5.41, 5.74) is 6.41. The molecule has 3 unspecified atom stereocenters. The monoisotopic (exact) mass is 371 g/mol. The number of thioether (sulfide) groups is 1. The summed E-state index contributed by atoms with van der Waals surface area (Å²) in [6.07, 6.45) is 3.15. The number of ether oxygens (including phenoxy) is 2. The van der Waals surface area contributed by atoms with Crippen LogP contribution in [0.25, 0.3) is 0 Å². The van der Waals surface area contributed by atoms with Crippen LogP contribution < -0.4 is 5.73 Å². The van der Waals surface area contributed by atoms with Crippen molar-refractivity contribution in [2.45, 2.75) is 35.8 Å². The predicted molar refractivity (Wildman–Crippen MR) is 89.7 cm³/mol. The number of halogens is 1. The first-order valence-electron chi connectivity index (χ1n) is 7.53. The SMILES string of the molecule is NC(CSc1ccc(Br)cc1)C1CCOC2(CCOC2)C1. The van der Waals surface area contributed by atoms with Crippen molar-refractivity contribution in [3.05, 3.63) is 28.7 Å². The molecule has 2 fully saturated rings. The van der Waals surface area contributed by atoms with Gasteiger partial charge in [-0.1, -0.05) is 15.9 Å². The summed E-state index contributed by atoms with van der Waals surface area (Å²) in [5.74, 6) is 1.51. The zero-order valence-corrected chi connectivity index (χ0v) is 14.5. The molecule has 3 nitrogen and oxygen atoms in total. The van der Waals surface area contributed by atoms with Crippen LogP contribution in [-0.2, 0) is 9.47 Å². The van der Waals surface area contributed by atoms with Crippen LogP contribution in [0.5, 0.6) is 0 Å². The molecule has 0 radical (unpaired) electrons. The molecule has 2 aliphatic heterocycles. The number of nitrogens with two attached hydrogens (primary N) is 1. The van der Waals surface area contributed by atoms with Gasteiger partial charge in [0.05, 0.1) is 12.2 Å². The van der Waals surface area contributed by atoms with Crippen molar-refractivity contribution in [3.8, 4) is 0 Å². The molecule has 5 heteroatoms. The van der Waals surface area contributed by atoms with E-state index in [1.807, 2.05) is 11.8 Å². The highest BCUT2D eigenvalue weighted by molar-refractivity contribution is 9.10. The molecule has 1 aromatic carbocycles. The van der Waals surface area contributed by atoms with Crippen molar-refractivity contribution in [2.75, 3.05) is 25.6 Å². The van der Waals surface area contributed by atoms with Gasteiger partial charge in [-0.05, 0) is 43.0 Å². The quantitative estimate of drug-likeness (QED) is 0.823. The van der Waals surface area contributed by atoms with Crippen LogP contribution in [0.2, 0.25) is 0 Å². The maximum absolute atomic E-state index is 6.45. The molecule has 3 atom stereocenters. The van der Waals surface area contributed by atoms with Crippen molar-refractivity contribution in [2.24, 2.45) is 11.7 Å². The number of benzene rings is 1. The molecule has 0 saturated carbocycles.